The van der Waals surface area contributed by atoms with Crippen LogP contribution in [0.4, 0.5) is 0 Å². The average molecular weight is 346 g/mol. The minimum Gasteiger partial charge on any atom is -0.511 e. The second kappa shape index (κ2) is 4.95. The average Bonchev–Trinajstić information content (AvgIpc) is 2.99. The minimum absolute atomic E-state index is 0.00939. The first-order valence-corrected chi connectivity index (χ1v) is 8.16. The summed E-state index contributed by atoms with van der Waals surface area (Å²) in [5.74, 6) is -5.02. The van der Waals surface area contributed by atoms with Gasteiger partial charge in [0, 0.05) is 23.8 Å². The smallest absolute Gasteiger partial charge is 0.255 e. The summed E-state index contributed by atoms with van der Waals surface area (Å²) in [6, 6.07) is -0.521. The number of hydrogen-bond donors (Lipinski definition) is 5. The quantitative estimate of drug-likeness (QED) is 0.402. The van der Waals surface area contributed by atoms with Crippen molar-refractivity contribution in [2.45, 2.75) is 30.9 Å². The summed E-state index contributed by atoms with van der Waals surface area (Å²) in [5.41, 5.74) is 2.05. The highest BCUT2D eigenvalue weighted by atomic mass is 16.3. The molecule has 0 aromatic rings. The summed E-state index contributed by atoms with van der Waals surface area (Å²) in [6.45, 7) is 0. The van der Waals surface area contributed by atoms with E-state index in [0.717, 1.165) is 0 Å². The molecule has 1 fully saturated rings. The van der Waals surface area contributed by atoms with Crippen molar-refractivity contribution in [3.05, 3.63) is 34.9 Å². The van der Waals surface area contributed by atoms with Crippen LogP contribution in [-0.2, 0) is 14.4 Å². The summed E-state index contributed by atoms with van der Waals surface area (Å²) < 4.78 is 0. The maximum absolute atomic E-state index is 12.8. The molecule has 132 valence electrons. The standard InChI is InChI=1S/C17H18N2O6/c18-16(24)11-9(20)5-8-4-7-3-6-1-2-19-12(6)13(21)10(7)14(22)17(8,25)15(11)23/h1-2,6-8,12,19-20,22,25H,3-5H2,(H2,18,24)/t6?,7-,8-,12?,17-/m0/s1. The van der Waals surface area contributed by atoms with Crippen molar-refractivity contribution in [3.63, 3.8) is 0 Å². The summed E-state index contributed by atoms with van der Waals surface area (Å²) >= 11 is 0. The first-order chi connectivity index (χ1) is 11.8. The van der Waals surface area contributed by atoms with Gasteiger partial charge in [-0.2, -0.15) is 0 Å². The maximum atomic E-state index is 12.8. The van der Waals surface area contributed by atoms with Gasteiger partial charge >= 0.3 is 0 Å². The van der Waals surface area contributed by atoms with Gasteiger partial charge in [0.25, 0.3) is 5.91 Å². The Morgan fingerprint density at radius 2 is 2.00 bits per heavy atom. The van der Waals surface area contributed by atoms with Gasteiger partial charge in [0.15, 0.2) is 11.4 Å². The third-order valence-corrected chi connectivity index (χ3v) is 5.88. The van der Waals surface area contributed by atoms with Crippen LogP contribution in [0.2, 0.25) is 0 Å². The number of Topliss-reactive ketones (excluding diaryl/α,β-unsaturated/α-hetero) is 2. The van der Waals surface area contributed by atoms with E-state index in [2.05, 4.69) is 5.32 Å². The molecule has 6 N–H and O–H groups in total. The number of carbonyl (C=O) groups is 3. The van der Waals surface area contributed by atoms with E-state index in [9.17, 15) is 29.7 Å². The monoisotopic (exact) mass is 346 g/mol. The van der Waals surface area contributed by atoms with Gasteiger partial charge in [-0.05, 0) is 25.0 Å². The molecule has 0 aromatic heterocycles. The molecule has 2 unspecified atom stereocenters. The largest absolute Gasteiger partial charge is 0.511 e. The number of ketones is 2. The number of hydrogen-bond acceptors (Lipinski definition) is 7. The van der Waals surface area contributed by atoms with Crippen molar-refractivity contribution < 1.29 is 29.7 Å². The zero-order valence-corrected chi connectivity index (χ0v) is 13.2. The third kappa shape index (κ3) is 1.88. The van der Waals surface area contributed by atoms with Crippen molar-refractivity contribution in [1.29, 1.82) is 0 Å². The Hall–Kier alpha value is -2.61. The van der Waals surface area contributed by atoms with Crippen LogP contribution in [0.25, 0.3) is 0 Å². The molecule has 4 aliphatic rings. The Morgan fingerprint density at radius 1 is 1.28 bits per heavy atom. The number of aliphatic hydroxyl groups is 3. The lowest BCUT2D eigenvalue weighted by Gasteiger charge is -2.46. The van der Waals surface area contributed by atoms with Gasteiger partial charge in [-0.25, -0.2) is 0 Å². The zero-order chi connectivity index (χ0) is 18.1. The fraction of sp³-hybridized carbons (Fsp3) is 0.471. The molecule has 8 heteroatoms. The van der Waals surface area contributed by atoms with Gasteiger partial charge < -0.3 is 26.4 Å². The van der Waals surface area contributed by atoms with Gasteiger partial charge in [0.1, 0.15) is 17.1 Å². The Morgan fingerprint density at radius 3 is 2.68 bits per heavy atom. The van der Waals surface area contributed by atoms with Crippen molar-refractivity contribution in [1.82, 2.24) is 5.32 Å². The normalized spacial score (nSPS) is 39.7. The van der Waals surface area contributed by atoms with E-state index in [1.165, 1.54) is 0 Å². The summed E-state index contributed by atoms with van der Waals surface area (Å²) in [5, 5.41) is 34.6. The van der Waals surface area contributed by atoms with Crippen LogP contribution >= 0.6 is 0 Å². The topological polar surface area (TPSA) is 150 Å². The van der Waals surface area contributed by atoms with E-state index < -0.39 is 46.3 Å². The van der Waals surface area contributed by atoms with E-state index in [-0.39, 0.29) is 36.0 Å². The molecule has 3 aliphatic carbocycles. The van der Waals surface area contributed by atoms with Crippen LogP contribution in [-0.4, -0.2) is 44.4 Å². The molecule has 0 spiro atoms. The van der Waals surface area contributed by atoms with Crippen LogP contribution in [0, 0.1) is 17.8 Å². The summed E-state index contributed by atoms with van der Waals surface area (Å²) in [6.07, 6.45) is 4.26. The van der Waals surface area contributed by atoms with E-state index in [1.54, 1.807) is 6.20 Å². The first kappa shape index (κ1) is 15.9. The number of fused-ring (bicyclic) bond motifs is 3. The Balaban J connectivity index is 1.84. The number of amides is 1. The van der Waals surface area contributed by atoms with E-state index in [0.29, 0.717) is 6.42 Å². The second-order valence-electron chi connectivity index (χ2n) is 7.14. The minimum atomic E-state index is -2.41. The number of nitrogens with two attached hydrogens (primary N) is 1. The van der Waals surface area contributed by atoms with Gasteiger partial charge in [-0.15, -0.1) is 0 Å². The number of carbonyl (C=O) groups excluding carboxylic acids is 3. The fourth-order valence-corrected chi connectivity index (χ4v) is 4.69. The van der Waals surface area contributed by atoms with Crippen molar-refractivity contribution >= 4 is 17.5 Å². The second-order valence-corrected chi connectivity index (χ2v) is 7.14. The number of nitrogens with one attached hydrogen (secondary N) is 1. The van der Waals surface area contributed by atoms with Crippen LogP contribution in [0.3, 0.4) is 0 Å². The highest BCUT2D eigenvalue weighted by Gasteiger charge is 2.60. The molecule has 0 bridgehead atoms. The van der Waals surface area contributed by atoms with Crippen molar-refractivity contribution in [3.8, 4) is 0 Å². The summed E-state index contributed by atoms with van der Waals surface area (Å²) in [7, 11) is 0. The molecule has 1 aliphatic heterocycles. The molecular formula is C17H18N2O6. The molecule has 0 aromatic carbocycles. The molecule has 1 amide bonds. The van der Waals surface area contributed by atoms with Crippen molar-refractivity contribution in [2.75, 3.05) is 0 Å². The fourth-order valence-electron chi connectivity index (χ4n) is 4.69. The number of aliphatic hydroxyl groups excluding tert-OH is 2. The molecule has 5 atom stereocenters. The predicted molar refractivity (Wildman–Crippen MR) is 83.9 cm³/mol. The highest BCUT2D eigenvalue weighted by molar-refractivity contribution is 6.24. The van der Waals surface area contributed by atoms with Gasteiger partial charge in [-0.1, -0.05) is 6.08 Å². The maximum Gasteiger partial charge on any atom is 0.255 e. The SMILES string of the molecule is NC(=O)C1=C(O)C[C@@H]2C[C@@H]3CC4C=CNC4C(=O)C3=C(O)[C@]2(O)C1=O. The van der Waals surface area contributed by atoms with Crippen molar-refractivity contribution in [2.24, 2.45) is 23.5 Å². The van der Waals surface area contributed by atoms with E-state index in [4.69, 9.17) is 5.73 Å². The third-order valence-electron chi connectivity index (χ3n) is 5.88. The Bertz CT molecular complexity index is 810. The van der Waals surface area contributed by atoms with Crippen LogP contribution < -0.4 is 11.1 Å². The van der Waals surface area contributed by atoms with Crippen LogP contribution in [0.5, 0.6) is 0 Å². The first-order valence-electron chi connectivity index (χ1n) is 8.16. The lowest BCUT2D eigenvalue weighted by Crippen LogP contribution is -2.58. The molecular weight excluding hydrogens is 328 g/mol. The van der Waals surface area contributed by atoms with Crippen LogP contribution in [0.15, 0.2) is 34.9 Å². The number of primary amides is 1. The predicted octanol–water partition coefficient (Wildman–Crippen LogP) is -0.490. The molecule has 4 rings (SSSR count). The zero-order valence-electron chi connectivity index (χ0n) is 13.2. The van der Waals surface area contributed by atoms with E-state index in [1.807, 2.05) is 6.08 Å². The molecule has 8 nitrogen and oxygen atoms in total. The van der Waals surface area contributed by atoms with E-state index >= 15 is 0 Å². The van der Waals surface area contributed by atoms with Gasteiger partial charge in [-0.3, -0.25) is 14.4 Å². The van der Waals surface area contributed by atoms with Crippen LogP contribution in [0.1, 0.15) is 19.3 Å². The number of allylic oxidation sites excluding steroid dienone is 1. The highest BCUT2D eigenvalue weighted by Crippen LogP contribution is 2.51. The molecule has 25 heavy (non-hydrogen) atoms. The summed E-state index contributed by atoms with van der Waals surface area (Å²) in [4.78, 5) is 36.9. The lowest BCUT2D eigenvalue weighted by molar-refractivity contribution is -0.145. The van der Waals surface area contributed by atoms with Gasteiger partial charge in [0.2, 0.25) is 5.78 Å². The molecule has 0 saturated heterocycles. The Labute approximate surface area is 142 Å². The molecule has 0 radical (unpaired) electrons. The Kier molecular flexibility index (Phi) is 3.15. The lowest BCUT2D eigenvalue weighted by atomic mass is 9.59. The molecule has 1 heterocycles. The number of rotatable bonds is 1. The molecule has 1 saturated carbocycles. The van der Waals surface area contributed by atoms with Gasteiger partial charge in [0.05, 0.1) is 6.04 Å².